The summed E-state index contributed by atoms with van der Waals surface area (Å²) in [6.07, 6.45) is 7.47. The van der Waals surface area contributed by atoms with Crippen molar-refractivity contribution in [1.29, 1.82) is 0 Å². The molecule has 4 aliphatic carbocycles. The second-order valence-electron chi connectivity index (χ2n) is 7.70. The van der Waals surface area contributed by atoms with Gasteiger partial charge in [0.1, 0.15) is 0 Å². The lowest BCUT2D eigenvalue weighted by molar-refractivity contribution is -0.0697. The highest BCUT2D eigenvalue weighted by Crippen LogP contribution is 2.58. The summed E-state index contributed by atoms with van der Waals surface area (Å²) in [7, 11) is 4.31. The third-order valence-corrected chi connectivity index (χ3v) is 5.65. The van der Waals surface area contributed by atoms with Crippen molar-refractivity contribution in [3.05, 3.63) is 0 Å². The molecule has 4 aliphatic rings. The van der Waals surface area contributed by atoms with Gasteiger partial charge in [0, 0.05) is 12.1 Å². The van der Waals surface area contributed by atoms with Gasteiger partial charge in [-0.3, -0.25) is 0 Å². The summed E-state index contributed by atoms with van der Waals surface area (Å²) >= 11 is 0. The fourth-order valence-corrected chi connectivity index (χ4v) is 5.79. The molecule has 0 heterocycles. The van der Waals surface area contributed by atoms with Crippen molar-refractivity contribution in [3.8, 4) is 0 Å². The van der Waals surface area contributed by atoms with Crippen LogP contribution in [0.25, 0.3) is 0 Å². The normalized spacial score (nSPS) is 47.5. The standard InChI is InChI=1S/C15H28N2/c1-15(16,9-17(2)3)14-12-5-10-4-11(7-12)8-13(14)6-10/h10-14H,4-9,16H2,1-3H3. The highest BCUT2D eigenvalue weighted by atomic mass is 15.1. The van der Waals surface area contributed by atoms with Gasteiger partial charge in [0.2, 0.25) is 0 Å². The Morgan fingerprint density at radius 3 is 1.88 bits per heavy atom. The van der Waals surface area contributed by atoms with Crippen molar-refractivity contribution in [2.75, 3.05) is 20.6 Å². The molecule has 2 nitrogen and oxygen atoms in total. The maximum atomic E-state index is 6.70. The second-order valence-corrected chi connectivity index (χ2v) is 7.70. The third-order valence-electron chi connectivity index (χ3n) is 5.65. The van der Waals surface area contributed by atoms with Crippen LogP contribution in [0.1, 0.15) is 39.0 Å². The quantitative estimate of drug-likeness (QED) is 0.815. The van der Waals surface area contributed by atoms with Crippen LogP contribution in [-0.2, 0) is 0 Å². The van der Waals surface area contributed by atoms with E-state index in [1.54, 1.807) is 0 Å². The summed E-state index contributed by atoms with van der Waals surface area (Å²) in [5.74, 6) is 4.80. The molecule has 4 bridgehead atoms. The minimum Gasteiger partial charge on any atom is -0.324 e. The fraction of sp³-hybridized carbons (Fsp3) is 1.00. The number of rotatable bonds is 3. The summed E-state index contributed by atoms with van der Waals surface area (Å²) in [6, 6.07) is 0. The molecule has 0 radical (unpaired) electrons. The molecule has 4 fully saturated rings. The fourth-order valence-electron chi connectivity index (χ4n) is 5.79. The molecule has 0 spiro atoms. The van der Waals surface area contributed by atoms with E-state index >= 15 is 0 Å². The Balaban J connectivity index is 1.79. The largest absolute Gasteiger partial charge is 0.324 e. The predicted molar refractivity (Wildman–Crippen MR) is 71.7 cm³/mol. The zero-order valence-electron chi connectivity index (χ0n) is 11.7. The van der Waals surface area contributed by atoms with Crippen LogP contribution >= 0.6 is 0 Å². The number of hydrogen-bond donors (Lipinski definition) is 1. The average Bonchev–Trinajstić information content (AvgIpc) is 2.11. The lowest BCUT2D eigenvalue weighted by atomic mass is 9.48. The van der Waals surface area contributed by atoms with Gasteiger partial charge in [-0.1, -0.05) is 0 Å². The molecule has 2 heteroatoms. The predicted octanol–water partition coefficient (Wildman–Crippen LogP) is 2.34. The molecular formula is C15H28N2. The van der Waals surface area contributed by atoms with Crippen molar-refractivity contribution in [1.82, 2.24) is 4.90 Å². The van der Waals surface area contributed by atoms with Gasteiger partial charge in [0.05, 0.1) is 0 Å². The molecule has 0 amide bonds. The first-order chi connectivity index (χ1) is 7.95. The SMILES string of the molecule is CN(C)CC(C)(N)C1C2CC3CC(C2)CC1C3. The van der Waals surface area contributed by atoms with Crippen LogP contribution in [-0.4, -0.2) is 31.1 Å². The van der Waals surface area contributed by atoms with Crippen LogP contribution in [0.4, 0.5) is 0 Å². The minimum absolute atomic E-state index is 0.0200. The summed E-state index contributed by atoms with van der Waals surface area (Å²) in [6.45, 7) is 3.35. The Morgan fingerprint density at radius 1 is 1.00 bits per heavy atom. The average molecular weight is 236 g/mol. The molecule has 0 saturated heterocycles. The smallest absolute Gasteiger partial charge is 0.0288 e. The molecule has 4 rings (SSSR count). The Kier molecular flexibility index (Phi) is 2.79. The molecule has 1 unspecified atom stereocenters. The van der Waals surface area contributed by atoms with Crippen molar-refractivity contribution in [2.24, 2.45) is 35.3 Å². The molecule has 0 aliphatic heterocycles. The summed E-state index contributed by atoms with van der Waals surface area (Å²) in [5, 5.41) is 0. The molecule has 98 valence electrons. The molecule has 17 heavy (non-hydrogen) atoms. The minimum atomic E-state index is 0.0200. The van der Waals surface area contributed by atoms with E-state index in [2.05, 4.69) is 25.9 Å². The van der Waals surface area contributed by atoms with Gasteiger partial charge >= 0.3 is 0 Å². The Hall–Kier alpha value is -0.0800. The van der Waals surface area contributed by atoms with Crippen molar-refractivity contribution in [2.45, 2.75) is 44.6 Å². The number of hydrogen-bond acceptors (Lipinski definition) is 2. The molecular weight excluding hydrogens is 208 g/mol. The first-order valence-corrected chi connectivity index (χ1v) is 7.39. The number of nitrogens with zero attached hydrogens (tertiary/aromatic N) is 1. The molecule has 0 aromatic heterocycles. The molecule has 4 saturated carbocycles. The van der Waals surface area contributed by atoms with Crippen LogP contribution in [0.5, 0.6) is 0 Å². The van der Waals surface area contributed by atoms with Crippen LogP contribution < -0.4 is 5.73 Å². The van der Waals surface area contributed by atoms with E-state index in [1.807, 2.05) is 0 Å². The van der Waals surface area contributed by atoms with Gasteiger partial charge in [0.25, 0.3) is 0 Å². The lowest BCUT2D eigenvalue weighted by Crippen LogP contribution is -2.61. The third kappa shape index (κ3) is 2.04. The maximum absolute atomic E-state index is 6.70. The Labute approximate surface area is 106 Å². The monoisotopic (exact) mass is 236 g/mol. The Morgan fingerprint density at radius 2 is 1.47 bits per heavy atom. The van der Waals surface area contributed by atoms with Gasteiger partial charge < -0.3 is 10.6 Å². The zero-order valence-corrected chi connectivity index (χ0v) is 11.7. The van der Waals surface area contributed by atoms with E-state index in [4.69, 9.17) is 5.73 Å². The van der Waals surface area contributed by atoms with E-state index in [0.717, 1.165) is 36.1 Å². The number of nitrogens with two attached hydrogens (primary N) is 1. The van der Waals surface area contributed by atoms with Crippen LogP contribution in [0.2, 0.25) is 0 Å². The molecule has 1 atom stereocenters. The summed E-state index contributed by atoms with van der Waals surface area (Å²) in [5.41, 5.74) is 6.72. The maximum Gasteiger partial charge on any atom is 0.0288 e. The van der Waals surface area contributed by atoms with Crippen LogP contribution in [0.15, 0.2) is 0 Å². The van der Waals surface area contributed by atoms with Gasteiger partial charge in [-0.25, -0.2) is 0 Å². The van der Waals surface area contributed by atoms with Gasteiger partial charge in [-0.2, -0.15) is 0 Å². The van der Waals surface area contributed by atoms with E-state index in [0.29, 0.717) is 0 Å². The van der Waals surface area contributed by atoms with Gasteiger partial charge in [0.15, 0.2) is 0 Å². The highest BCUT2D eigenvalue weighted by Gasteiger charge is 2.52. The van der Waals surface area contributed by atoms with E-state index < -0.39 is 0 Å². The summed E-state index contributed by atoms with van der Waals surface area (Å²) < 4.78 is 0. The lowest BCUT2D eigenvalue weighted by Gasteiger charge is -2.59. The number of likely N-dealkylation sites (N-methyl/N-ethyl adjacent to an activating group) is 1. The van der Waals surface area contributed by atoms with Crippen molar-refractivity contribution in [3.63, 3.8) is 0 Å². The van der Waals surface area contributed by atoms with Crippen LogP contribution in [0.3, 0.4) is 0 Å². The van der Waals surface area contributed by atoms with E-state index in [9.17, 15) is 0 Å². The molecule has 0 aromatic rings. The topological polar surface area (TPSA) is 29.3 Å². The highest BCUT2D eigenvalue weighted by molar-refractivity contribution is 5.05. The van der Waals surface area contributed by atoms with Gasteiger partial charge in [-0.05, 0) is 82.7 Å². The zero-order chi connectivity index (χ0) is 12.2. The first kappa shape index (κ1) is 12.0. The molecule has 2 N–H and O–H groups in total. The van der Waals surface area contributed by atoms with Gasteiger partial charge in [-0.15, -0.1) is 0 Å². The Bertz CT molecular complexity index is 267. The second kappa shape index (κ2) is 3.96. The molecule has 0 aromatic carbocycles. The van der Waals surface area contributed by atoms with Crippen LogP contribution in [0, 0.1) is 29.6 Å². The van der Waals surface area contributed by atoms with E-state index in [1.165, 1.54) is 32.1 Å². The van der Waals surface area contributed by atoms with E-state index in [-0.39, 0.29) is 5.54 Å². The van der Waals surface area contributed by atoms with Crippen molar-refractivity contribution >= 4 is 0 Å². The van der Waals surface area contributed by atoms with Crippen molar-refractivity contribution < 1.29 is 0 Å². The summed E-state index contributed by atoms with van der Waals surface area (Å²) in [4.78, 5) is 2.27. The first-order valence-electron chi connectivity index (χ1n) is 7.39.